The van der Waals surface area contributed by atoms with Crippen LogP contribution in [0.25, 0.3) is 0 Å². The number of carbonyl (C=O) groups is 1. The van der Waals surface area contributed by atoms with Crippen molar-refractivity contribution in [2.75, 3.05) is 18.0 Å². The number of rotatable bonds is 4. The van der Waals surface area contributed by atoms with Gasteiger partial charge in [0, 0.05) is 19.3 Å². The van der Waals surface area contributed by atoms with E-state index in [0.29, 0.717) is 18.4 Å². The second kappa shape index (κ2) is 6.08. The van der Waals surface area contributed by atoms with E-state index in [1.54, 1.807) is 0 Å². The molecule has 5 rings (SSSR count). The minimum absolute atomic E-state index is 0.115. The number of carbonyl (C=O) groups excluding carboxylic acids is 1. The zero-order valence-corrected chi connectivity index (χ0v) is 15.3. The molecule has 0 N–H and O–H groups in total. The molecule has 0 bridgehead atoms. The van der Waals surface area contributed by atoms with Gasteiger partial charge in [0.15, 0.2) is 0 Å². The molecule has 2 aliphatic heterocycles. The molecule has 2 aliphatic carbocycles. The van der Waals surface area contributed by atoms with Crippen LogP contribution in [0.4, 0.5) is 5.82 Å². The van der Waals surface area contributed by atoms with Crippen molar-refractivity contribution < 1.29 is 14.3 Å². The number of hydrogen-bond donors (Lipinski definition) is 0. The van der Waals surface area contributed by atoms with Crippen LogP contribution in [0.1, 0.15) is 44.6 Å². The van der Waals surface area contributed by atoms with Crippen molar-refractivity contribution in [1.29, 1.82) is 0 Å². The van der Waals surface area contributed by atoms with Gasteiger partial charge in [0.1, 0.15) is 17.5 Å². The summed E-state index contributed by atoms with van der Waals surface area (Å²) >= 11 is 0. The highest BCUT2D eigenvalue weighted by molar-refractivity contribution is 5.94. The van der Waals surface area contributed by atoms with Crippen LogP contribution < -0.4 is 4.90 Å². The molecule has 5 heteroatoms. The van der Waals surface area contributed by atoms with Gasteiger partial charge in [-0.25, -0.2) is 9.78 Å². The van der Waals surface area contributed by atoms with Gasteiger partial charge in [-0.1, -0.05) is 19.1 Å². The number of esters is 1. The molecule has 1 saturated carbocycles. The summed E-state index contributed by atoms with van der Waals surface area (Å²) in [5.74, 6) is 1.67. The lowest BCUT2D eigenvalue weighted by molar-refractivity contribution is -0.142. The van der Waals surface area contributed by atoms with Crippen molar-refractivity contribution in [1.82, 2.24) is 4.98 Å². The Labute approximate surface area is 154 Å². The number of pyridine rings is 1. The molecule has 138 valence electrons. The molecule has 0 radical (unpaired) electrons. The second-order valence-corrected chi connectivity index (χ2v) is 8.26. The number of anilines is 1. The second-order valence-electron chi connectivity index (χ2n) is 8.26. The Hall–Kier alpha value is -1.88. The van der Waals surface area contributed by atoms with Crippen LogP contribution in [-0.4, -0.2) is 35.7 Å². The summed E-state index contributed by atoms with van der Waals surface area (Å²) in [7, 11) is 0. The van der Waals surface area contributed by atoms with Crippen LogP contribution in [0, 0.1) is 11.8 Å². The third-order valence-electron chi connectivity index (χ3n) is 6.58. The first kappa shape index (κ1) is 16.3. The molecule has 0 spiro atoms. The third kappa shape index (κ3) is 2.40. The summed E-state index contributed by atoms with van der Waals surface area (Å²) in [6.07, 6.45) is 9.44. The Kier molecular flexibility index (Phi) is 3.82. The van der Waals surface area contributed by atoms with Crippen molar-refractivity contribution in [2.45, 2.75) is 57.3 Å². The van der Waals surface area contributed by atoms with Crippen LogP contribution in [0.5, 0.6) is 0 Å². The number of ether oxygens (including phenoxy) is 2. The van der Waals surface area contributed by atoms with E-state index in [4.69, 9.17) is 9.47 Å². The summed E-state index contributed by atoms with van der Waals surface area (Å²) in [5.41, 5.74) is 1.29. The van der Waals surface area contributed by atoms with Gasteiger partial charge in [-0.3, -0.25) is 0 Å². The lowest BCUT2D eigenvalue weighted by Gasteiger charge is -2.38. The average Bonchev–Trinajstić information content (AvgIpc) is 3.34. The van der Waals surface area contributed by atoms with Gasteiger partial charge >= 0.3 is 5.97 Å². The maximum Gasteiger partial charge on any atom is 0.337 e. The SMILES string of the molecule is C[C@H]1C=C2C(=O)O[C@H]3CC[C@@H](C1)[C@@]23OCc1ccc(N2CCCC2)nc1. The average molecular weight is 354 g/mol. The van der Waals surface area contributed by atoms with Crippen LogP contribution in [0.2, 0.25) is 0 Å². The first-order valence-corrected chi connectivity index (χ1v) is 9.94. The van der Waals surface area contributed by atoms with E-state index in [0.717, 1.165) is 49.3 Å². The highest BCUT2D eigenvalue weighted by atomic mass is 16.6. The van der Waals surface area contributed by atoms with E-state index in [1.165, 1.54) is 12.8 Å². The summed E-state index contributed by atoms with van der Waals surface area (Å²) in [5, 5.41) is 0. The highest BCUT2D eigenvalue weighted by Gasteiger charge is 2.63. The fourth-order valence-electron chi connectivity index (χ4n) is 5.36. The Morgan fingerprint density at radius 1 is 1.31 bits per heavy atom. The van der Waals surface area contributed by atoms with Crippen molar-refractivity contribution in [3.05, 3.63) is 35.5 Å². The molecule has 0 aromatic carbocycles. The molecule has 4 aliphatic rings. The molecule has 0 amide bonds. The molecular weight excluding hydrogens is 328 g/mol. The summed E-state index contributed by atoms with van der Waals surface area (Å²) in [6.45, 7) is 4.85. The van der Waals surface area contributed by atoms with E-state index in [2.05, 4.69) is 35.0 Å². The van der Waals surface area contributed by atoms with Gasteiger partial charge in [-0.15, -0.1) is 0 Å². The fraction of sp³-hybridized carbons (Fsp3) is 0.619. The van der Waals surface area contributed by atoms with E-state index < -0.39 is 5.60 Å². The van der Waals surface area contributed by atoms with Crippen molar-refractivity contribution in [2.24, 2.45) is 11.8 Å². The molecule has 2 saturated heterocycles. The van der Waals surface area contributed by atoms with Crippen LogP contribution in [0.3, 0.4) is 0 Å². The van der Waals surface area contributed by atoms with E-state index in [1.807, 2.05) is 6.20 Å². The standard InChI is InChI=1S/C21H26N2O3/c1-14-10-16-5-6-18-21(16,17(11-14)20(24)26-18)25-13-15-4-7-19(22-12-15)23-8-2-3-9-23/h4,7,11-12,14,16,18H,2-3,5-6,8-10,13H2,1H3/t14-,16+,18+,21-/m1/s1. The maximum atomic E-state index is 12.4. The molecule has 3 fully saturated rings. The summed E-state index contributed by atoms with van der Waals surface area (Å²) < 4.78 is 12.2. The first-order valence-electron chi connectivity index (χ1n) is 9.94. The van der Waals surface area contributed by atoms with Gasteiger partial charge in [0.25, 0.3) is 0 Å². The molecule has 3 heterocycles. The Morgan fingerprint density at radius 2 is 2.15 bits per heavy atom. The van der Waals surface area contributed by atoms with Crippen LogP contribution in [-0.2, 0) is 20.9 Å². The van der Waals surface area contributed by atoms with Gasteiger partial charge in [-0.05, 0) is 55.6 Å². The molecule has 5 nitrogen and oxygen atoms in total. The minimum Gasteiger partial charge on any atom is -0.455 e. The Bertz CT molecular complexity index is 738. The van der Waals surface area contributed by atoms with E-state index in [9.17, 15) is 4.79 Å². The Morgan fingerprint density at radius 3 is 2.92 bits per heavy atom. The molecule has 1 aromatic rings. The molecular formula is C21H26N2O3. The van der Waals surface area contributed by atoms with Gasteiger partial charge in [0.2, 0.25) is 0 Å². The van der Waals surface area contributed by atoms with Gasteiger partial charge < -0.3 is 14.4 Å². The van der Waals surface area contributed by atoms with Crippen molar-refractivity contribution in [3.8, 4) is 0 Å². The lowest BCUT2D eigenvalue weighted by atomic mass is 9.73. The lowest BCUT2D eigenvalue weighted by Crippen LogP contribution is -2.46. The predicted molar refractivity (Wildman–Crippen MR) is 97.7 cm³/mol. The maximum absolute atomic E-state index is 12.4. The third-order valence-corrected chi connectivity index (χ3v) is 6.58. The topological polar surface area (TPSA) is 51.7 Å². The number of allylic oxidation sites excluding steroid dienone is 1. The molecule has 26 heavy (non-hydrogen) atoms. The summed E-state index contributed by atoms with van der Waals surface area (Å²) in [6, 6.07) is 4.19. The fourth-order valence-corrected chi connectivity index (χ4v) is 5.36. The number of aromatic nitrogens is 1. The van der Waals surface area contributed by atoms with Gasteiger partial charge in [-0.2, -0.15) is 0 Å². The first-order chi connectivity index (χ1) is 12.7. The monoisotopic (exact) mass is 354 g/mol. The largest absolute Gasteiger partial charge is 0.455 e. The highest BCUT2D eigenvalue weighted by Crippen LogP contribution is 2.55. The van der Waals surface area contributed by atoms with E-state index in [-0.39, 0.29) is 12.1 Å². The quantitative estimate of drug-likeness (QED) is 0.777. The number of nitrogens with zero attached hydrogens (tertiary/aromatic N) is 2. The summed E-state index contributed by atoms with van der Waals surface area (Å²) in [4.78, 5) is 19.3. The Balaban J connectivity index is 1.35. The normalized spacial score (nSPS) is 35.4. The number of hydrogen-bond acceptors (Lipinski definition) is 5. The predicted octanol–water partition coefficient (Wildman–Crippen LogP) is 3.24. The zero-order valence-electron chi connectivity index (χ0n) is 15.3. The molecule has 1 aromatic heterocycles. The van der Waals surface area contributed by atoms with Crippen LogP contribution in [0.15, 0.2) is 30.0 Å². The minimum atomic E-state index is -0.531. The van der Waals surface area contributed by atoms with Crippen molar-refractivity contribution in [3.63, 3.8) is 0 Å². The molecule has 0 unspecified atom stereocenters. The van der Waals surface area contributed by atoms with Crippen LogP contribution >= 0.6 is 0 Å². The smallest absolute Gasteiger partial charge is 0.337 e. The van der Waals surface area contributed by atoms with E-state index >= 15 is 0 Å². The van der Waals surface area contributed by atoms with Crippen molar-refractivity contribution >= 4 is 11.8 Å². The molecule has 4 atom stereocenters. The van der Waals surface area contributed by atoms with Gasteiger partial charge in [0.05, 0.1) is 12.2 Å². The zero-order chi connectivity index (χ0) is 17.7.